The number of carbonyl (C=O) groups is 1. The Labute approximate surface area is 83.3 Å². The maximum Gasteiger partial charge on any atom is 0.490 e. The summed E-state index contributed by atoms with van der Waals surface area (Å²) in [6.45, 7) is 0.457. The highest BCUT2D eigenvalue weighted by atomic mass is 32.2. The van der Waals surface area contributed by atoms with E-state index in [2.05, 4.69) is 8.92 Å². The van der Waals surface area contributed by atoms with Gasteiger partial charge in [-0.3, -0.25) is 4.18 Å². The molecule has 0 bridgehead atoms. The molecule has 0 N–H and O–H groups in total. The van der Waals surface area contributed by atoms with Crippen LogP contribution < -0.4 is 0 Å². The van der Waals surface area contributed by atoms with Gasteiger partial charge in [0.25, 0.3) is 10.1 Å². The summed E-state index contributed by atoms with van der Waals surface area (Å²) in [5.74, 6) is -3.20. The fourth-order valence-corrected chi connectivity index (χ4v) is 2.41. The number of hydrogen-bond donors (Lipinski definition) is 0. The van der Waals surface area contributed by atoms with Crippen molar-refractivity contribution in [2.24, 2.45) is 0 Å². The predicted octanol–water partition coefficient (Wildman–Crippen LogP) is 0.211. The van der Waals surface area contributed by atoms with Crippen molar-refractivity contribution >= 4 is 16.1 Å². The third-order valence-corrected chi connectivity index (χ3v) is 3.04. The predicted molar refractivity (Wildman–Crippen MR) is 40.3 cm³/mol. The monoisotopic (exact) mass is 248 g/mol. The third-order valence-electron chi connectivity index (χ3n) is 1.60. The molecule has 1 heterocycles. The van der Waals surface area contributed by atoms with Crippen LogP contribution in [-0.2, 0) is 23.8 Å². The number of hydrogen-bond acceptors (Lipinski definition) is 5. The van der Waals surface area contributed by atoms with Gasteiger partial charge in [-0.2, -0.15) is 21.6 Å². The minimum atomic E-state index is -5.14. The highest BCUT2D eigenvalue weighted by Crippen LogP contribution is 2.27. The van der Waals surface area contributed by atoms with Crippen LogP contribution in [0.15, 0.2) is 0 Å². The SMILES string of the molecule is CC1(OC(=O)C(F)(F)F)COS(=O)(=O)C1. The van der Waals surface area contributed by atoms with Gasteiger partial charge in [-0.25, -0.2) is 4.79 Å². The normalized spacial score (nSPS) is 30.1. The van der Waals surface area contributed by atoms with Crippen molar-refractivity contribution in [3.8, 4) is 0 Å². The molecule has 0 aromatic carbocycles. The fraction of sp³-hybridized carbons (Fsp3) is 0.833. The summed E-state index contributed by atoms with van der Waals surface area (Å²) >= 11 is 0. The van der Waals surface area contributed by atoms with Crippen LogP contribution in [0.4, 0.5) is 13.2 Å². The molecule has 0 spiro atoms. The molecule has 1 rings (SSSR count). The number of rotatable bonds is 1. The molecular formula is C6H7F3O5S. The molecule has 1 fully saturated rings. The summed E-state index contributed by atoms with van der Waals surface area (Å²) < 4.78 is 65.2. The highest BCUT2D eigenvalue weighted by Gasteiger charge is 2.49. The van der Waals surface area contributed by atoms with Crippen LogP contribution in [0.3, 0.4) is 0 Å². The molecule has 1 saturated heterocycles. The second-order valence-electron chi connectivity index (χ2n) is 3.30. The van der Waals surface area contributed by atoms with Gasteiger partial charge in [0.2, 0.25) is 0 Å². The van der Waals surface area contributed by atoms with Gasteiger partial charge >= 0.3 is 12.1 Å². The Morgan fingerprint density at radius 1 is 1.47 bits per heavy atom. The Morgan fingerprint density at radius 3 is 2.33 bits per heavy atom. The third kappa shape index (κ3) is 3.06. The maximum atomic E-state index is 11.8. The number of halogens is 3. The van der Waals surface area contributed by atoms with Crippen LogP contribution in [0.1, 0.15) is 6.92 Å². The Morgan fingerprint density at radius 2 is 2.00 bits per heavy atom. The van der Waals surface area contributed by atoms with E-state index in [1.54, 1.807) is 0 Å². The van der Waals surface area contributed by atoms with Gasteiger partial charge in [0, 0.05) is 0 Å². The standard InChI is InChI=1S/C6H7F3O5S/c1-5(2-13-15(11,12)3-5)14-4(10)6(7,8)9/h2-3H2,1H3. The Bertz CT molecular complexity index is 373. The largest absolute Gasteiger partial charge is 0.490 e. The quantitative estimate of drug-likeness (QED) is 0.490. The molecule has 0 aliphatic carbocycles. The van der Waals surface area contributed by atoms with Gasteiger partial charge in [-0.15, -0.1) is 0 Å². The molecule has 1 unspecified atom stereocenters. The molecule has 1 aliphatic heterocycles. The lowest BCUT2D eigenvalue weighted by Gasteiger charge is -2.21. The van der Waals surface area contributed by atoms with Crippen molar-refractivity contribution in [1.82, 2.24) is 0 Å². The van der Waals surface area contributed by atoms with Crippen LogP contribution in [0.5, 0.6) is 0 Å². The first kappa shape index (κ1) is 12.2. The zero-order chi connectivity index (χ0) is 11.9. The molecular weight excluding hydrogens is 241 g/mol. The van der Waals surface area contributed by atoms with E-state index in [0.717, 1.165) is 6.92 Å². The second kappa shape index (κ2) is 3.34. The number of ether oxygens (including phenoxy) is 1. The Balaban J connectivity index is 2.72. The lowest BCUT2D eigenvalue weighted by Crippen LogP contribution is -2.40. The number of carbonyl (C=O) groups excluding carboxylic acids is 1. The minimum absolute atomic E-state index is 0.600. The summed E-state index contributed by atoms with van der Waals surface area (Å²) in [4.78, 5) is 10.4. The van der Waals surface area contributed by atoms with E-state index in [-0.39, 0.29) is 0 Å². The summed E-state index contributed by atoms with van der Waals surface area (Å²) in [7, 11) is -3.89. The molecule has 9 heteroatoms. The first-order valence-corrected chi connectivity index (χ1v) is 5.29. The van der Waals surface area contributed by atoms with Gasteiger partial charge in [-0.1, -0.05) is 0 Å². The van der Waals surface area contributed by atoms with Crippen molar-refractivity contribution in [2.75, 3.05) is 12.4 Å². The van der Waals surface area contributed by atoms with Gasteiger partial charge in [-0.05, 0) is 6.92 Å². The van der Waals surface area contributed by atoms with E-state index in [0.29, 0.717) is 0 Å². The van der Waals surface area contributed by atoms with Gasteiger partial charge < -0.3 is 4.74 Å². The van der Waals surface area contributed by atoms with Crippen molar-refractivity contribution in [2.45, 2.75) is 18.7 Å². The van der Waals surface area contributed by atoms with Gasteiger partial charge in [0.05, 0.1) is 0 Å². The summed E-state index contributed by atoms with van der Waals surface area (Å²) in [5, 5.41) is 0. The van der Waals surface area contributed by atoms with Crippen molar-refractivity contribution in [3.63, 3.8) is 0 Å². The molecule has 1 atom stereocenters. The van der Waals surface area contributed by atoms with Gasteiger partial charge in [0.1, 0.15) is 12.4 Å². The van der Waals surface area contributed by atoms with Crippen molar-refractivity contribution in [1.29, 1.82) is 0 Å². The van der Waals surface area contributed by atoms with E-state index in [1.807, 2.05) is 0 Å². The first-order valence-electron chi connectivity index (χ1n) is 3.71. The molecule has 0 radical (unpaired) electrons. The molecule has 0 aromatic rings. The van der Waals surface area contributed by atoms with E-state index < -0.39 is 40.2 Å². The van der Waals surface area contributed by atoms with E-state index in [9.17, 15) is 26.4 Å². The maximum absolute atomic E-state index is 11.8. The number of esters is 1. The topological polar surface area (TPSA) is 69.7 Å². The summed E-state index contributed by atoms with van der Waals surface area (Å²) in [6.07, 6.45) is -5.14. The molecule has 1 aliphatic rings. The van der Waals surface area contributed by atoms with E-state index in [1.165, 1.54) is 0 Å². The van der Waals surface area contributed by atoms with Crippen LogP contribution in [0.25, 0.3) is 0 Å². The molecule has 5 nitrogen and oxygen atoms in total. The van der Waals surface area contributed by atoms with Crippen LogP contribution in [0.2, 0.25) is 0 Å². The smallest absolute Gasteiger partial charge is 0.449 e. The van der Waals surface area contributed by atoms with Crippen LogP contribution in [-0.4, -0.2) is 38.5 Å². The van der Waals surface area contributed by atoms with Crippen molar-refractivity contribution in [3.05, 3.63) is 0 Å². The van der Waals surface area contributed by atoms with Crippen molar-refractivity contribution < 1.29 is 35.3 Å². The lowest BCUT2D eigenvalue weighted by atomic mass is 10.1. The molecule has 0 aromatic heterocycles. The van der Waals surface area contributed by atoms with Crippen LogP contribution >= 0.6 is 0 Å². The zero-order valence-corrected chi connectivity index (χ0v) is 8.31. The Hall–Kier alpha value is -0.830. The number of alkyl halides is 3. The first-order chi connectivity index (χ1) is 6.54. The van der Waals surface area contributed by atoms with E-state index in [4.69, 9.17) is 0 Å². The highest BCUT2D eigenvalue weighted by molar-refractivity contribution is 7.87. The Kier molecular flexibility index (Phi) is 2.72. The zero-order valence-electron chi connectivity index (χ0n) is 7.50. The minimum Gasteiger partial charge on any atom is -0.449 e. The van der Waals surface area contributed by atoms with E-state index >= 15 is 0 Å². The molecule has 15 heavy (non-hydrogen) atoms. The average molecular weight is 248 g/mol. The lowest BCUT2D eigenvalue weighted by molar-refractivity contribution is -0.211. The molecule has 88 valence electrons. The molecule has 0 amide bonds. The fourth-order valence-electron chi connectivity index (χ4n) is 1.01. The molecule has 0 saturated carbocycles. The summed E-state index contributed by atoms with van der Waals surface area (Å²) in [6, 6.07) is 0. The second-order valence-corrected chi connectivity index (χ2v) is 4.94. The van der Waals surface area contributed by atoms with Crippen LogP contribution in [0, 0.1) is 0 Å². The summed E-state index contributed by atoms with van der Waals surface area (Å²) in [5.41, 5.74) is -1.77. The average Bonchev–Trinajstić information content (AvgIpc) is 2.23. The van der Waals surface area contributed by atoms with Gasteiger partial charge in [0.15, 0.2) is 5.60 Å².